The molecule has 8 unspecified atom stereocenters. The summed E-state index contributed by atoms with van der Waals surface area (Å²) in [4.78, 5) is 4.83. The lowest BCUT2D eigenvalue weighted by molar-refractivity contribution is 0.000862. The molecule has 4 aromatic rings. The first-order chi connectivity index (χ1) is 35.7. The Balaban J connectivity index is 0.000000182. The minimum atomic E-state index is 0.408. The fourth-order valence-corrected chi connectivity index (χ4v) is 17.0. The van der Waals surface area contributed by atoms with Gasteiger partial charge in [-0.05, 0) is 255 Å². The highest BCUT2D eigenvalue weighted by Gasteiger charge is 2.57. The van der Waals surface area contributed by atoms with Crippen molar-refractivity contribution in [1.82, 2.24) is 9.80 Å². The Kier molecular flexibility index (Phi) is 17.2. The van der Waals surface area contributed by atoms with Crippen molar-refractivity contribution in [2.45, 2.75) is 157 Å². The highest BCUT2D eigenvalue weighted by Crippen LogP contribution is 2.66. The van der Waals surface area contributed by atoms with Crippen LogP contribution in [0.3, 0.4) is 0 Å². The van der Waals surface area contributed by atoms with Gasteiger partial charge in [0.05, 0.1) is 27.4 Å². The molecule has 0 aliphatic heterocycles. The molecule has 8 heteroatoms. The summed E-state index contributed by atoms with van der Waals surface area (Å²) in [6.45, 7) is 26.5. The van der Waals surface area contributed by atoms with Gasteiger partial charge in [0, 0.05) is 13.1 Å². The summed E-state index contributed by atoms with van der Waals surface area (Å²) in [5.74, 6) is 11.5. The number of phenolic OH excluding ortho intramolecular Hbond substituents is 2. The number of ether oxygens (including phenoxy) is 4. The molecule has 8 nitrogen and oxygen atoms in total. The topological polar surface area (TPSA) is 83.9 Å². The van der Waals surface area contributed by atoms with Crippen LogP contribution in [0.2, 0.25) is 0 Å². The van der Waals surface area contributed by atoms with E-state index in [1.165, 1.54) is 84.7 Å². The molecule has 10 rings (SSSR count). The standard InChI is InChI=1S/2C33H47NO3/c2*1-6-34(7-2)21-23-8-13-30(31(19-23)36-5)37-17-15-25-9-12-29-32-22(3)18-24-20-26(35)10-11-27(24)28(32)14-16-33(25,29)4/h2*8,10-11,13,19-20,22,25,28-29,32,35H,6-7,9,12,14-18,21H2,1-5H3/t2*22-,25-,28?,29?,32?,33?/m11/s1. The van der Waals surface area contributed by atoms with Crippen LogP contribution in [0.1, 0.15) is 165 Å². The molecule has 0 radical (unpaired) electrons. The monoisotopic (exact) mass is 1010 g/mol. The molecule has 0 saturated heterocycles. The SMILES string of the molecule is CCN(CC)Cc1ccc(OCC[C@H]2CCC3C4C(CCC32C)c2ccc(O)cc2C[C@H]4C)c(OC)c1.CCN(CC)Cc1ccc(OCC[C@H]2CCC3C4C(CCC32C)c2ccc(O)cc2C[C@H]4C)c(OC)c1. The Hall–Kier alpha value is -4.40. The normalized spacial score (nSPS) is 30.5. The Morgan fingerprint density at radius 1 is 0.514 bits per heavy atom. The van der Waals surface area contributed by atoms with Crippen molar-refractivity contribution in [2.75, 3.05) is 53.6 Å². The maximum absolute atomic E-state index is 10.0. The van der Waals surface area contributed by atoms with Gasteiger partial charge >= 0.3 is 0 Å². The van der Waals surface area contributed by atoms with E-state index in [2.05, 4.69) is 114 Å². The van der Waals surface area contributed by atoms with E-state index in [1.54, 1.807) is 14.2 Å². The molecule has 74 heavy (non-hydrogen) atoms. The number of benzene rings is 4. The molecule has 2 N–H and O–H groups in total. The highest BCUT2D eigenvalue weighted by molar-refractivity contribution is 5.45. The van der Waals surface area contributed by atoms with Crippen LogP contribution in [-0.2, 0) is 25.9 Å². The third kappa shape index (κ3) is 10.9. The zero-order chi connectivity index (χ0) is 52.3. The summed E-state index contributed by atoms with van der Waals surface area (Å²) >= 11 is 0. The Labute approximate surface area is 446 Å². The van der Waals surface area contributed by atoms with Gasteiger partial charge in [0.25, 0.3) is 0 Å². The minimum absolute atomic E-state index is 0.408. The first-order valence-corrected chi connectivity index (χ1v) is 29.4. The Morgan fingerprint density at radius 3 is 1.30 bits per heavy atom. The maximum atomic E-state index is 10.0. The fraction of sp³-hybridized carbons (Fsp3) is 0.636. The van der Waals surface area contributed by atoms with Gasteiger partial charge < -0.3 is 29.2 Å². The van der Waals surface area contributed by atoms with Crippen LogP contribution in [0.25, 0.3) is 0 Å². The van der Waals surface area contributed by atoms with Crippen LogP contribution in [0.4, 0.5) is 0 Å². The number of aromatic hydroxyl groups is 2. The summed E-state index contributed by atoms with van der Waals surface area (Å²) in [5.41, 5.74) is 9.17. The average molecular weight is 1010 g/mol. The highest BCUT2D eigenvalue weighted by atomic mass is 16.5. The molecule has 6 aliphatic rings. The van der Waals surface area contributed by atoms with Crippen molar-refractivity contribution in [1.29, 1.82) is 0 Å². The molecule has 0 spiro atoms. The number of nitrogens with zero attached hydrogens (tertiary/aromatic N) is 2. The number of hydrogen-bond donors (Lipinski definition) is 2. The average Bonchev–Trinajstić information content (AvgIpc) is 3.93. The van der Waals surface area contributed by atoms with Crippen molar-refractivity contribution < 1.29 is 29.2 Å². The second-order valence-corrected chi connectivity index (χ2v) is 24.5. The summed E-state index contributed by atoms with van der Waals surface area (Å²) in [7, 11) is 3.49. The van der Waals surface area contributed by atoms with Gasteiger partial charge in [-0.3, -0.25) is 9.80 Å². The summed E-state index contributed by atoms with van der Waals surface area (Å²) in [5, 5.41) is 20.1. The smallest absolute Gasteiger partial charge is 0.161 e. The van der Waals surface area contributed by atoms with E-state index in [9.17, 15) is 10.2 Å². The molecular formula is C66H94N2O6. The van der Waals surface area contributed by atoms with Crippen LogP contribution in [-0.4, -0.2) is 73.6 Å². The van der Waals surface area contributed by atoms with Crippen molar-refractivity contribution >= 4 is 0 Å². The molecule has 0 heterocycles. The first-order valence-electron chi connectivity index (χ1n) is 29.4. The van der Waals surface area contributed by atoms with E-state index >= 15 is 0 Å². The van der Waals surface area contributed by atoms with E-state index in [4.69, 9.17) is 18.9 Å². The van der Waals surface area contributed by atoms with Gasteiger partial charge in [0.2, 0.25) is 0 Å². The number of fused-ring (bicyclic) bond motifs is 10. The fourth-order valence-electron chi connectivity index (χ4n) is 17.0. The molecule has 404 valence electrons. The predicted molar refractivity (Wildman–Crippen MR) is 301 cm³/mol. The maximum Gasteiger partial charge on any atom is 0.161 e. The third-order valence-corrected chi connectivity index (χ3v) is 21.0. The lowest BCUT2D eigenvalue weighted by atomic mass is 9.51. The third-order valence-electron chi connectivity index (χ3n) is 21.0. The van der Waals surface area contributed by atoms with Gasteiger partial charge in [0.1, 0.15) is 11.5 Å². The van der Waals surface area contributed by atoms with Crippen LogP contribution in [0, 0.1) is 58.2 Å². The van der Waals surface area contributed by atoms with Crippen molar-refractivity contribution in [3.8, 4) is 34.5 Å². The number of rotatable bonds is 18. The predicted octanol–water partition coefficient (Wildman–Crippen LogP) is 14.9. The van der Waals surface area contributed by atoms with Gasteiger partial charge in [-0.1, -0.05) is 79.7 Å². The van der Waals surface area contributed by atoms with Crippen molar-refractivity contribution in [2.24, 2.45) is 58.2 Å². The second kappa shape index (κ2) is 23.5. The summed E-state index contributed by atoms with van der Waals surface area (Å²) in [6, 6.07) is 25.1. The van der Waals surface area contributed by atoms with Crippen molar-refractivity contribution in [3.63, 3.8) is 0 Å². The van der Waals surface area contributed by atoms with E-state index in [-0.39, 0.29) is 0 Å². The summed E-state index contributed by atoms with van der Waals surface area (Å²) < 4.78 is 24.1. The zero-order valence-electron chi connectivity index (χ0n) is 47.3. The quantitative estimate of drug-likeness (QED) is 0.102. The lowest BCUT2D eigenvalue weighted by Gasteiger charge is -2.53. The molecule has 0 amide bonds. The number of hydrogen-bond acceptors (Lipinski definition) is 8. The van der Waals surface area contributed by atoms with Crippen LogP contribution in [0.5, 0.6) is 34.5 Å². The first kappa shape index (κ1) is 54.4. The molecule has 0 aromatic heterocycles. The summed E-state index contributed by atoms with van der Waals surface area (Å²) in [6.07, 6.45) is 15.0. The van der Waals surface area contributed by atoms with Gasteiger partial charge in [-0.2, -0.15) is 0 Å². The van der Waals surface area contributed by atoms with Crippen LogP contribution in [0.15, 0.2) is 72.8 Å². The molecule has 4 aromatic carbocycles. The van der Waals surface area contributed by atoms with Gasteiger partial charge in [-0.15, -0.1) is 0 Å². The van der Waals surface area contributed by atoms with Crippen LogP contribution < -0.4 is 18.9 Å². The largest absolute Gasteiger partial charge is 0.508 e. The van der Waals surface area contributed by atoms with Crippen LogP contribution >= 0.6 is 0 Å². The molecular weight excluding hydrogens is 917 g/mol. The number of methoxy groups -OCH3 is 2. The lowest BCUT2D eigenvalue weighted by Crippen LogP contribution is -2.45. The van der Waals surface area contributed by atoms with E-state index in [1.807, 2.05) is 24.3 Å². The molecule has 4 fully saturated rings. The van der Waals surface area contributed by atoms with Gasteiger partial charge in [-0.25, -0.2) is 0 Å². The zero-order valence-corrected chi connectivity index (χ0v) is 47.3. The molecule has 12 atom stereocenters. The van der Waals surface area contributed by atoms with E-state index in [0.717, 1.165) is 137 Å². The minimum Gasteiger partial charge on any atom is -0.508 e. The van der Waals surface area contributed by atoms with Gasteiger partial charge in [0.15, 0.2) is 23.0 Å². The Morgan fingerprint density at radius 2 is 0.919 bits per heavy atom. The number of phenols is 2. The molecule has 0 bridgehead atoms. The Bertz CT molecular complexity index is 2330. The molecule has 4 saturated carbocycles. The van der Waals surface area contributed by atoms with Crippen molar-refractivity contribution in [3.05, 3.63) is 106 Å². The second-order valence-electron chi connectivity index (χ2n) is 24.5. The molecule has 6 aliphatic carbocycles. The van der Waals surface area contributed by atoms with E-state index in [0.29, 0.717) is 46.0 Å². The van der Waals surface area contributed by atoms with E-state index < -0.39 is 0 Å².